The first-order chi connectivity index (χ1) is 8.15. The van der Waals surface area contributed by atoms with Gasteiger partial charge >= 0.3 is 0 Å². The summed E-state index contributed by atoms with van der Waals surface area (Å²) in [5, 5.41) is 0. The Kier molecular flexibility index (Phi) is 5.98. The van der Waals surface area contributed by atoms with Gasteiger partial charge in [0.1, 0.15) is 11.6 Å². The van der Waals surface area contributed by atoms with Crippen molar-refractivity contribution < 1.29 is 9.13 Å². The quantitative estimate of drug-likeness (QED) is 0.734. The standard InChI is InChI=1S/C14H22FNO/c1-3-4-5-6-9-17-14-8-7-12(15)10-13(14)11(2)16/h7-8,10-11H,3-6,9,16H2,1-2H3. The van der Waals surface area contributed by atoms with Crippen molar-refractivity contribution in [1.29, 1.82) is 0 Å². The first-order valence-corrected chi connectivity index (χ1v) is 6.33. The monoisotopic (exact) mass is 239 g/mol. The van der Waals surface area contributed by atoms with Crippen LogP contribution in [0.1, 0.15) is 51.1 Å². The normalized spacial score (nSPS) is 12.5. The van der Waals surface area contributed by atoms with Crippen molar-refractivity contribution in [1.82, 2.24) is 0 Å². The number of hydrogen-bond acceptors (Lipinski definition) is 2. The van der Waals surface area contributed by atoms with Gasteiger partial charge in [0, 0.05) is 11.6 Å². The van der Waals surface area contributed by atoms with Gasteiger partial charge in [-0.1, -0.05) is 26.2 Å². The summed E-state index contributed by atoms with van der Waals surface area (Å²) >= 11 is 0. The van der Waals surface area contributed by atoms with Crippen LogP contribution in [0.2, 0.25) is 0 Å². The van der Waals surface area contributed by atoms with E-state index in [9.17, 15) is 4.39 Å². The lowest BCUT2D eigenvalue weighted by Crippen LogP contribution is -2.09. The summed E-state index contributed by atoms with van der Waals surface area (Å²) in [6.45, 7) is 4.68. The predicted octanol–water partition coefficient (Wildman–Crippen LogP) is 3.80. The Bertz CT molecular complexity index is 339. The molecule has 0 saturated carbocycles. The van der Waals surface area contributed by atoms with Crippen LogP contribution < -0.4 is 10.5 Å². The van der Waals surface area contributed by atoms with Crippen molar-refractivity contribution in [2.75, 3.05) is 6.61 Å². The molecular weight excluding hydrogens is 217 g/mol. The van der Waals surface area contributed by atoms with Crippen LogP contribution in [0.15, 0.2) is 18.2 Å². The number of rotatable bonds is 7. The molecule has 1 rings (SSSR count). The highest BCUT2D eigenvalue weighted by Crippen LogP contribution is 2.24. The maximum atomic E-state index is 13.1. The van der Waals surface area contributed by atoms with Gasteiger partial charge in [0.2, 0.25) is 0 Å². The smallest absolute Gasteiger partial charge is 0.124 e. The third-order valence-electron chi connectivity index (χ3n) is 2.72. The van der Waals surface area contributed by atoms with E-state index < -0.39 is 0 Å². The first kappa shape index (κ1) is 14.0. The zero-order valence-electron chi connectivity index (χ0n) is 10.7. The molecule has 0 heterocycles. The molecule has 0 aliphatic carbocycles. The lowest BCUT2D eigenvalue weighted by Gasteiger charge is -2.14. The number of ether oxygens (including phenoxy) is 1. The third kappa shape index (κ3) is 4.73. The second-order valence-corrected chi connectivity index (χ2v) is 4.38. The summed E-state index contributed by atoms with van der Waals surface area (Å²) < 4.78 is 18.7. The Morgan fingerprint density at radius 3 is 2.71 bits per heavy atom. The van der Waals surface area contributed by atoms with Gasteiger partial charge in [-0.25, -0.2) is 4.39 Å². The second kappa shape index (κ2) is 7.28. The summed E-state index contributed by atoms with van der Waals surface area (Å²) in [4.78, 5) is 0. The van der Waals surface area contributed by atoms with Gasteiger partial charge in [-0.05, 0) is 31.5 Å². The molecule has 3 heteroatoms. The fourth-order valence-electron chi connectivity index (χ4n) is 1.72. The molecule has 2 N–H and O–H groups in total. The number of hydrogen-bond donors (Lipinski definition) is 1. The summed E-state index contributed by atoms with van der Waals surface area (Å²) in [6.07, 6.45) is 4.64. The molecule has 0 aliphatic heterocycles. The molecule has 0 radical (unpaired) electrons. The fraction of sp³-hybridized carbons (Fsp3) is 0.571. The summed E-state index contributed by atoms with van der Waals surface area (Å²) in [6, 6.07) is 4.31. The highest BCUT2D eigenvalue weighted by molar-refractivity contribution is 5.36. The van der Waals surface area contributed by atoms with Crippen LogP contribution in [0.25, 0.3) is 0 Å². The van der Waals surface area contributed by atoms with Crippen LogP contribution in [0, 0.1) is 5.82 Å². The predicted molar refractivity (Wildman–Crippen MR) is 68.6 cm³/mol. The maximum Gasteiger partial charge on any atom is 0.124 e. The van der Waals surface area contributed by atoms with Crippen molar-refractivity contribution in [2.24, 2.45) is 5.73 Å². The summed E-state index contributed by atoms with van der Waals surface area (Å²) in [5.74, 6) is 0.438. The van der Waals surface area contributed by atoms with Gasteiger partial charge in [-0.15, -0.1) is 0 Å². The van der Waals surface area contributed by atoms with E-state index >= 15 is 0 Å². The third-order valence-corrected chi connectivity index (χ3v) is 2.72. The van der Waals surface area contributed by atoms with Crippen LogP contribution in [0.5, 0.6) is 5.75 Å². The van der Waals surface area contributed by atoms with Crippen LogP contribution >= 0.6 is 0 Å². The Labute approximate surface area is 103 Å². The minimum absolute atomic E-state index is 0.212. The molecule has 1 atom stereocenters. The van der Waals surface area contributed by atoms with E-state index in [-0.39, 0.29) is 11.9 Å². The maximum absolute atomic E-state index is 13.1. The van der Waals surface area contributed by atoms with E-state index in [1.165, 1.54) is 31.4 Å². The van der Waals surface area contributed by atoms with Gasteiger partial charge in [0.25, 0.3) is 0 Å². The second-order valence-electron chi connectivity index (χ2n) is 4.38. The van der Waals surface area contributed by atoms with Crippen molar-refractivity contribution in [3.63, 3.8) is 0 Å². The Hall–Kier alpha value is -1.09. The van der Waals surface area contributed by atoms with Gasteiger partial charge in [-0.3, -0.25) is 0 Å². The number of unbranched alkanes of at least 4 members (excludes halogenated alkanes) is 3. The van der Waals surface area contributed by atoms with Crippen molar-refractivity contribution in [3.05, 3.63) is 29.6 Å². The Morgan fingerprint density at radius 2 is 2.06 bits per heavy atom. The largest absolute Gasteiger partial charge is 0.493 e. The minimum Gasteiger partial charge on any atom is -0.493 e. The zero-order chi connectivity index (χ0) is 12.7. The summed E-state index contributed by atoms with van der Waals surface area (Å²) in [5.41, 5.74) is 6.53. The molecule has 0 aromatic heterocycles. The Balaban J connectivity index is 2.52. The molecular formula is C14H22FNO. The minimum atomic E-state index is -0.268. The van der Waals surface area contributed by atoms with E-state index in [1.807, 2.05) is 6.92 Å². The molecule has 17 heavy (non-hydrogen) atoms. The molecule has 0 aliphatic rings. The molecule has 0 saturated heterocycles. The van der Waals surface area contributed by atoms with E-state index in [0.29, 0.717) is 12.4 Å². The summed E-state index contributed by atoms with van der Waals surface area (Å²) in [7, 11) is 0. The molecule has 0 fully saturated rings. The zero-order valence-corrected chi connectivity index (χ0v) is 10.7. The van der Waals surface area contributed by atoms with Gasteiger partial charge < -0.3 is 10.5 Å². The van der Waals surface area contributed by atoms with E-state index in [2.05, 4.69) is 6.92 Å². The number of halogens is 1. The van der Waals surface area contributed by atoms with E-state index in [4.69, 9.17) is 10.5 Å². The molecule has 2 nitrogen and oxygen atoms in total. The van der Waals surface area contributed by atoms with Crippen LogP contribution in [-0.2, 0) is 0 Å². The van der Waals surface area contributed by atoms with Crippen molar-refractivity contribution in [3.8, 4) is 5.75 Å². The van der Waals surface area contributed by atoms with Crippen LogP contribution in [0.4, 0.5) is 4.39 Å². The molecule has 96 valence electrons. The van der Waals surface area contributed by atoms with Crippen LogP contribution in [-0.4, -0.2) is 6.61 Å². The lowest BCUT2D eigenvalue weighted by molar-refractivity contribution is 0.300. The molecule has 0 bridgehead atoms. The van der Waals surface area contributed by atoms with Crippen LogP contribution in [0.3, 0.4) is 0 Å². The van der Waals surface area contributed by atoms with E-state index in [1.54, 1.807) is 6.07 Å². The SMILES string of the molecule is CCCCCCOc1ccc(F)cc1C(C)N. The average molecular weight is 239 g/mol. The first-order valence-electron chi connectivity index (χ1n) is 6.33. The van der Waals surface area contributed by atoms with Gasteiger partial charge in [0.15, 0.2) is 0 Å². The number of nitrogens with two attached hydrogens (primary N) is 1. The fourth-order valence-corrected chi connectivity index (χ4v) is 1.72. The molecule has 1 aromatic carbocycles. The van der Waals surface area contributed by atoms with E-state index in [0.717, 1.165) is 12.0 Å². The van der Waals surface area contributed by atoms with Gasteiger partial charge in [-0.2, -0.15) is 0 Å². The Morgan fingerprint density at radius 1 is 1.29 bits per heavy atom. The molecule has 0 spiro atoms. The molecule has 1 unspecified atom stereocenters. The molecule has 1 aromatic rings. The number of benzene rings is 1. The molecule has 0 amide bonds. The highest BCUT2D eigenvalue weighted by Gasteiger charge is 2.09. The lowest BCUT2D eigenvalue weighted by atomic mass is 10.1. The van der Waals surface area contributed by atoms with Crippen molar-refractivity contribution in [2.45, 2.75) is 45.6 Å². The van der Waals surface area contributed by atoms with Gasteiger partial charge in [0.05, 0.1) is 6.61 Å². The topological polar surface area (TPSA) is 35.2 Å². The highest BCUT2D eigenvalue weighted by atomic mass is 19.1. The van der Waals surface area contributed by atoms with Crippen molar-refractivity contribution >= 4 is 0 Å². The average Bonchev–Trinajstić information content (AvgIpc) is 2.30.